The number of hydrogen-bond donors (Lipinski definition) is 1. The summed E-state index contributed by atoms with van der Waals surface area (Å²) in [6.45, 7) is 6.08. The average Bonchev–Trinajstić information content (AvgIpc) is 2.97. The van der Waals surface area contributed by atoms with Gasteiger partial charge in [-0.2, -0.15) is 0 Å². The van der Waals surface area contributed by atoms with Gasteiger partial charge in [0.15, 0.2) is 5.71 Å². The van der Waals surface area contributed by atoms with Crippen molar-refractivity contribution >= 4 is 34.6 Å². The molecule has 10 heteroatoms. The van der Waals surface area contributed by atoms with Crippen molar-refractivity contribution in [3.05, 3.63) is 100 Å². The number of amides is 1. The van der Waals surface area contributed by atoms with Crippen LogP contribution in [-0.2, 0) is 25.9 Å². The van der Waals surface area contributed by atoms with Crippen LogP contribution < -0.4 is 10.1 Å². The van der Waals surface area contributed by atoms with Crippen molar-refractivity contribution < 1.29 is 24.0 Å². The average molecular weight is 565 g/mol. The minimum Gasteiger partial charge on any atom is -0.486 e. The van der Waals surface area contributed by atoms with Gasteiger partial charge in [0.1, 0.15) is 43.6 Å². The van der Waals surface area contributed by atoms with E-state index in [-0.39, 0.29) is 24.3 Å². The second kappa shape index (κ2) is 15.3. The molecule has 0 radical (unpaired) electrons. The van der Waals surface area contributed by atoms with Crippen molar-refractivity contribution in [2.45, 2.75) is 33.5 Å². The van der Waals surface area contributed by atoms with E-state index in [4.69, 9.17) is 30.9 Å². The van der Waals surface area contributed by atoms with Gasteiger partial charge in [-0.1, -0.05) is 63.5 Å². The fourth-order valence-electron chi connectivity index (χ4n) is 3.70. The van der Waals surface area contributed by atoms with Crippen LogP contribution in [0.25, 0.3) is 0 Å². The molecule has 3 aromatic carbocycles. The number of benzene rings is 3. The molecular weight excluding hydrogens is 532 g/mol. The van der Waals surface area contributed by atoms with Crippen LogP contribution in [0, 0.1) is 0 Å². The number of rotatable bonds is 13. The first-order valence-corrected chi connectivity index (χ1v) is 13.1. The van der Waals surface area contributed by atoms with Crippen LogP contribution >= 0.6 is 11.6 Å². The van der Waals surface area contributed by atoms with Gasteiger partial charge in [-0.15, -0.1) is 0 Å². The van der Waals surface area contributed by atoms with E-state index in [0.717, 1.165) is 11.1 Å². The van der Waals surface area contributed by atoms with Gasteiger partial charge in [0, 0.05) is 28.8 Å². The Morgan fingerprint density at radius 1 is 0.925 bits per heavy atom. The van der Waals surface area contributed by atoms with E-state index in [9.17, 15) is 4.79 Å². The lowest BCUT2D eigenvalue weighted by Crippen LogP contribution is -2.29. The summed E-state index contributed by atoms with van der Waals surface area (Å²) in [5.41, 5.74) is 4.23. The van der Waals surface area contributed by atoms with Crippen LogP contribution in [0.5, 0.6) is 5.75 Å². The summed E-state index contributed by atoms with van der Waals surface area (Å²) < 4.78 is 6.09. The number of likely N-dealkylation sites (N-methyl/N-ethyl adjacent to an activating group) is 1. The predicted molar refractivity (Wildman–Crippen MR) is 157 cm³/mol. The fourth-order valence-corrected chi connectivity index (χ4v) is 3.82. The quantitative estimate of drug-likeness (QED) is 0.205. The molecule has 0 aliphatic heterocycles. The maximum atomic E-state index is 12.3. The van der Waals surface area contributed by atoms with Crippen molar-refractivity contribution in [1.29, 1.82) is 0 Å². The van der Waals surface area contributed by atoms with Gasteiger partial charge in [-0.05, 0) is 62.7 Å². The van der Waals surface area contributed by atoms with Gasteiger partial charge in [-0.3, -0.25) is 4.79 Å². The standard InChI is InChI=1S/C30H33ClN4O5/c1-6-38-35-28(23-13-17-26(18-14-23)40-21(3)22-11-15-25(31)16-12-22)20(2)33-39-19-24-9-7-8-10-27(24)29(34-37-5)30(36)32-4/h7-18,21H,6,19H2,1-5H3,(H,32,36). The summed E-state index contributed by atoms with van der Waals surface area (Å²) >= 11 is 5.99. The first-order chi connectivity index (χ1) is 19.4. The highest BCUT2D eigenvalue weighted by Crippen LogP contribution is 2.24. The summed E-state index contributed by atoms with van der Waals surface area (Å²) in [6.07, 6.45) is -0.155. The molecule has 0 bridgehead atoms. The Balaban J connectivity index is 1.75. The summed E-state index contributed by atoms with van der Waals surface area (Å²) in [5, 5.41) is 15.6. The number of oxime groups is 3. The molecule has 0 aliphatic carbocycles. The number of nitrogens with one attached hydrogen (secondary N) is 1. The molecule has 1 amide bonds. The van der Waals surface area contributed by atoms with Crippen molar-refractivity contribution in [2.24, 2.45) is 15.5 Å². The third-order valence-electron chi connectivity index (χ3n) is 5.73. The molecule has 0 aromatic heterocycles. The van der Waals surface area contributed by atoms with E-state index >= 15 is 0 Å². The number of ether oxygens (including phenoxy) is 1. The Hall–Kier alpha value is -4.37. The largest absolute Gasteiger partial charge is 0.486 e. The summed E-state index contributed by atoms with van der Waals surface area (Å²) in [4.78, 5) is 28.2. The second-order valence-electron chi connectivity index (χ2n) is 8.50. The molecule has 0 fully saturated rings. The SMILES string of the molecule is CCON=C(C(C)=NOCc1ccccc1C(=NOC)C(=O)NC)c1ccc(OC(C)c2ccc(Cl)cc2)cc1. The molecular formula is C30H33ClN4O5. The third kappa shape index (κ3) is 8.31. The molecule has 0 saturated heterocycles. The van der Waals surface area contributed by atoms with Crippen LogP contribution in [0.1, 0.15) is 49.1 Å². The van der Waals surface area contributed by atoms with Crippen molar-refractivity contribution in [1.82, 2.24) is 5.32 Å². The Morgan fingerprint density at radius 3 is 2.27 bits per heavy atom. The predicted octanol–water partition coefficient (Wildman–Crippen LogP) is 5.91. The zero-order valence-corrected chi connectivity index (χ0v) is 23.9. The summed E-state index contributed by atoms with van der Waals surface area (Å²) in [6, 6.07) is 22.3. The molecule has 40 heavy (non-hydrogen) atoms. The Morgan fingerprint density at radius 2 is 1.62 bits per heavy atom. The minimum absolute atomic E-state index is 0.0878. The number of halogens is 1. The second-order valence-corrected chi connectivity index (χ2v) is 8.94. The van der Waals surface area contributed by atoms with Crippen LogP contribution in [0.2, 0.25) is 5.02 Å². The molecule has 3 aromatic rings. The van der Waals surface area contributed by atoms with Gasteiger partial charge >= 0.3 is 0 Å². The highest BCUT2D eigenvalue weighted by Gasteiger charge is 2.18. The number of carbonyl (C=O) groups excluding carboxylic acids is 1. The molecule has 1 atom stereocenters. The lowest BCUT2D eigenvalue weighted by molar-refractivity contribution is -0.114. The van der Waals surface area contributed by atoms with Crippen molar-refractivity contribution in [3.8, 4) is 5.75 Å². The maximum Gasteiger partial charge on any atom is 0.273 e. The van der Waals surface area contributed by atoms with Gasteiger partial charge in [-0.25, -0.2) is 0 Å². The van der Waals surface area contributed by atoms with Gasteiger partial charge in [0.05, 0.1) is 0 Å². The zero-order valence-electron chi connectivity index (χ0n) is 23.2. The van der Waals surface area contributed by atoms with Crippen LogP contribution in [0.4, 0.5) is 0 Å². The van der Waals surface area contributed by atoms with E-state index in [1.165, 1.54) is 14.2 Å². The fraction of sp³-hybridized carbons (Fsp3) is 0.267. The molecule has 1 unspecified atom stereocenters. The Labute approximate surface area is 239 Å². The molecule has 0 spiro atoms. The van der Waals surface area contributed by atoms with E-state index < -0.39 is 0 Å². The smallest absolute Gasteiger partial charge is 0.273 e. The Bertz CT molecular complexity index is 1360. The van der Waals surface area contributed by atoms with Crippen LogP contribution in [-0.4, -0.2) is 43.8 Å². The van der Waals surface area contributed by atoms with Gasteiger partial charge < -0.3 is 24.6 Å². The lowest BCUT2D eigenvalue weighted by Gasteiger charge is -2.16. The van der Waals surface area contributed by atoms with E-state index in [2.05, 4.69) is 20.8 Å². The number of hydrogen-bond acceptors (Lipinski definition) is 8. The topological polar surface area (TPSA) is 103 Å². The van der Waals surface area contributed by atoms with Crippen molar-refractivity contribution in [2.75, 3.05) is 20.8 Å². The van der Waals surface area contributed by atoms with Gasteiger partial charge in [0.25, 0.3) is 5.91 Å². The lowest BCUT2D eigenvalue weighted by atomic mass is 10.0. The van der Waals surface area contributed by atoms with E-state index in [1.54, 1.807) is 19.1 Å². The zero-order chi connectivity index (χ0) is 28.9. The third-order valence-corrected chi connectivity index (χ3v) is 5.98. The summed E-state index contributed by atoms with van der Waals surface area (Å²) in [7, 11) is 2.91. The number of nitrogens with zero attached hydrogens (tertiary/aromatic N) is 3. The molecule has 3 rings (SSSR count). The minimum atomic E-state index is -0.380. The monoisotopic (exact) mass is 564 g/mol. The highest BCUT2D eigenvalue weighted by atomic mass is 35.5. The maximum absolute atomic E-state index is 12.3. The van der Waals surface area contributed by atoms with E-state index in [1.807, 2.05) is 74.5 Å². The van der Waals surface area contributed by atoms with Gasteiger partial charge in [0.2, 0.25) is 0 Å². The molecule has 0 heterocycles. The molecule has 0 saturated carbocycles. The van der Waals surface area contributed by atoms with Crippen LogP contribution in [0.15, 0.2) is 88.3 Å². The summed E-state index contributed by atoms with van der Waals surface area (Å²) in [5.74, 6) is 0.323. The molecule has 210 valence electrons. The van der Waals surface area contributed by atoms with Crippen molar-refractivity contribution in [3.63, 3.8) is 0 Å². The molecule has 0 aliphatic rings. The highest BCUT2D eigenvalue weighted by molar-refractivity contribution is 6.47. The first kappa shape index (κ1) is 30.2. The van der Waals surface area contributed by atoms with E-state index in [0.29, 0.717) is 39.9 Å². The number of carbonyl (C=O) groups is 1. The normalized spacial score (nSPS) is 12.9. The molecule has 9 nitrogen and oxygen atoms in total. The van der Waals surface area contributed by atoms with Crippen LogP contribution in [0.3, 0.4) is 0 Å². The first-order valence-electron chi connectivity index (χ1n) is 12.7. The Kier molecular flexibility index (Phi) is 11.5. The molecule has 1 N–H and O–H groups in total.